The smallest absolute Gasteiger partial charge is 0.0706 e. The molecule has 4 heteroatoms. The maximum atomic E-state index is 3.44. The van der Waals surface area contributed by atoms with Gasteiger partial charge in [0.2, 0.25) is 0 Å². The van der Waals surface area contributed by atoms with Crippen LogP contribution in [0, 0.1) is 12.0 Å². The number of nitrogens with zero attached hydrogens (tertiary/aromatic N) is 4. The summed E-state index contributed by atoms with van der Waals surface area (Å²) in [5.41, 5.74) is 7.35. The standard InChI is InChI=1S/C26H30N4/c1-27-21-30(16-22-8-3-2-4-9-22)20-25-19-28(15-12-26(25)27)13-7-14-29-17-23-10-5-6-11-24(23)18-29/h2-6,8-11H,12-13,15-21H2,1H3. The van der Waals surface area contributed by atoms with Crippen molar-refractivity contribution >= 4 is 0 Å². The van der Waals surface area contributed by atoms with E-state index in [0.717, 1.165) is 58.9 Å². The summed E-state index contributed by atoms with van der Waals surface area (Å²) in [6.07, 6.45) is 1.14. The van der Waals surface area contributed by atoms with Gasteiger partial charge in [-0.25, -0.2) is 0 Å². The van der Waals surface area contributed by atoms with Crippen molar-refractivity contribution in [2.75, 3.05) is 39.9 Å². The van der Waals surface area contributed by atoms with Crippen molar-refractivity contribution in [3.63, 3.8) is 0 Å². The van der Waals surface area contributed by atoms with Gasteiger partial charge >= 0.3 is 0 Å². The van der Waals surface area contributed by atoms with Crippen LogP contribution in [0.3, 0.4) is 0 Å². The summed E-state index contributed by atoms with van der Waals surface area (Å²) in [6, 6.07) is 22.9. The third-order valence-electron chi connectivity index (χ3n) is 6.40. The van der Waals surface area contributed by atoms with Gasteiger partial charge in [0, 0.05) is 51.4 Å². The minimum Gasteiger partial charge on any atom is -0.365 e. The highest BCUT2D eigenvalue weighted by atomic mass is 15.3. The molecule has 0 N–H and O–H groups in total. The lowest BCUT2D eigenvalue weighted by molar-refractivity contribution is 0.137. The summed E-state index contributed by atoms with van der Waals surface area (Å²) in [5, 5.41) is 0. The molecule has 0 bridgehead atoms. The van der Waals surface area contributed by atoms with E-state index in [4.69, 9.17) is 0 Å². The van der Waals surface area contributed by atoms with Crippen molar-refractivity contribution in [3.8, 4) is 12.0 Å². The molecule has 154 valence electrons. The largest absolute Gasteiger partial charge is 0.365 e. The monoisotopic (exact) mass is 398 g/mol. The van der Waals surface area contributed by atoms with Gasteiger partial charge in [-0.05, 0) is 22.3 Å². The van der Waals surface area contributed by atoms with E-state index in [2.05, 4.69) is 93.2 Å². The molecule has 0 saturated heterocycles. The number of rotatable bonds is 3. The molecular formula is C26H30N4. The topological polar surface area (TPSA) is 13.0 Å². The quantitative estimate of drug-likeness (QED) is 0.736. The van der Waals surface area contributed by atoms with Gasteiger partial charge in [0.05, 0.1) is 26.3 Å². The Morgan fingerprint density at radius 2 is 1.53 bits per heavy atom. The van der Waals surface area contributed by atoms with Gasteiger partial charge < -0.3 is 9.80 Å². The Balaban J connectivity index is 1.18. The molecule has 0 saturated carbocycles. The Bertz CT molecular complexity index is 960. The fourth-order valence-corrected chi connectivity index (χ4v) is 4.94. The second kappa shape index (κ2) is 8.55. The fraction of sp³-hybridized carbons (Fsp3) is 0.385. The van der Waals surface area contributed by atoms with E-state index < -0.39 is 0 Å². The lowest BCUT2D eigenvalue weighted by Gasteiger charge is -2.42. The highest BCUT2D eigenvalue weighted by Gasteiger charge is 2.27. The average molecular weight is 399 g/mol. The van der Waals surface area contributed by atoms with Gasteiger partial charge in [-0.15, -0.1) is 0 Å². The van der Waals surface area contributed by atoms with Gasteiger partial charge in [-0.2, -0.15) is 0 Å². The predicted molar refractivity (Wildman–Crippen MR) is 121 cm³/mol. The molecule has 0 amide bonds. The summed E-state index contributed by atoms with van der Waals surface area (Å²) >= 11 is 0. The average Bonchev–Trinajstić information content (AvgIpc) is 3.17. The van der Waals surface area contributed by atoms with Gasteiger partial charge in [0.1, 0.15) is 0 Å². The molecule has 2 aromatic carbocycles. The Hall–Kier alpha value is -2.74. The van der Waals surface area contributed by atoms with E-state index in [1.807, 2.05) is 0 Å². The molecule has 0 unspecified atom stereocenters. The van der Waals surface area contributed by atoms with Crippen molar-refractivity contribution in [1.29, 1.82) is 0 Å². The van der Waals surface area contributed by atoms with Crippen molar-refractivity contribution in [2.45, 2.75) is 26.1 Å². The number of benzene rings is 2. The Labute approximate surface area is 180 Å². The lowest BCUT2D eigenvalue weighted by atomic mass is 10.0. The minimum absolute atomic E-state index is 0.853. The Kier molecular flexibility index (Phi) is 5.48. The van der Waals surface area contributed by atoms with Gasteiger partial charge in [0.15, 0.2) is 0 Å². The first-order valence-corrected chi connectivity index (χ1v) is 11.0. The molecule has 0 radical (unpaired) electrons. The van der Waals surface area contributed by atoms with Crippen molar-refractivity contribution in [1.82, 2.24) is 19.6 Å². The Morgan fingerprint density at radius 1 is 0.833 bits per heavy atom. The molecule has 30 heavy (non-hydrogen) atoms. The van der Waals surface area contributed by atoms with E-state index in [1.165, 1.54) is 16.7 Å². The zero-order valence-electron chi connectivity index (χ0n) is 17.8. The van der Waals surface area contributed by atoms with Crippen molar-refractivity contribution < 1.29 is 0 Å². The normalized spacial score (nSPS) is 19.4. The Morgan fingerprint density at radius 3 is 2.30 bits per heavy atom. The number of hydrogen-bond donors (Lipinski definition) is 0. The van der Waals surface area contributed by atoms with E-state index in [0.29, 0.717) is 0 Å². The van der Waals surface area contributed by atoms with Crippen molar-refractivity contribution in [2.24, 2.45) is 0 Å². The second-order valence-corrected chi connectivity index (χ2v) is 8.74. The summed E-state index contributed by atoms with van der Waals surface area (Å²) in [7, 11) is 2.24. The number of hydrogen-bond acceptors (Lipinski definition) is 4. The summed E-state index contributed by atoms with van der Waals surface area (Å²) < 4.78 is 0. The summed E-state index contributed by atoms with van der Waals surface area (Å²) in [5.74, 6) is 3.44. The van der Waals surface area contributed by atoms with Crippen molar-refractivity contribution in [3.05, 3.63) is 82.6 Å². The first-order valence-electron chi connectivity index (χ1n) is 11.0. The fourth-order valence-electron chi connectivity index (χ4n) is 4.94. The SMILES string of the molecule is CN1CN(Cc2ccccc2)CC2=C1CCN(CC#CN1Cc3ccccc3C1)C2. The predicted octanol–water partition coefficient (Wildman–Crippen LogP) is 3.33. The molecule has 3 heterocycles. The molecule has 0 atom stereocenters. The van der Waals surface area contributed by atoms with Crippen LogP contribution in [0.5, 0.6) is 0 Å². The van der Waals surface area contributed by atoms with Crippen LogP contribution in [0.25, 0.3) is 0 Å². The first-order chi connectivity index (χ1) is 14.7. The van der Waals surface area contributed by atoms with Crippen LogP contribution in [-0.4, -0.2) is 59.5 Å². The van der Waals surface area contributed by atoms with Gasteiger partial charge in [-0.3, -0.25) is 9.80 Å². The van der Waals surface area contributed by atoms with E-state index in [1.54, 1.807) is 11.3 Å². The van der Waals surface area contributed by atoms with Crippen LogP contribution in [-0.2, 0) is 19.6 Å². The number of fused-ring (bicyclic) bond motifs is 1. The van der Waals surface area contributed by atoms with Crippen LogP contribution < -0.4 is 0 Å². The molecule has 3 aliphatic rings. The lowest BCUT2D eigenvalue weighted by Crippen LogP contribution is -2.47. The molecule has 5 rings (SSSR count). The molecule has 0 fully saturated rings. The third kappa shape index (κ3) is 4.23. The highest BCUT2D eigenvalue weighted by molar-refractivity contribution is 5.32. The van der Waals surface area contributed by atoms with Gasteiger partial charge in [-0.1, -0.05) is 60.5 Å². The van der Waals surface area contributed by atoms with E-state index >= 15 is 0 Å². The van der Waals surface area contributed by atoms with Crippen LogP contribution in [0.2, 0.25) is 0 Å². The third-order valence-corrected chi connectivity index (χ3v) is 6.40. The highest BCUT2D eigenvalue weighted by Crippen LogP contribution is 2.26. The van der Waals surface area contributed by atoms with Crippen LogP contribution >= 0.6 is 0 Å². The molecule has 4 nitrogen and oxygen atoms in total. The van der Waals surface area contributed by atoms with Crippen LogP contribution in [0.15, 0.2) is 65.9 Å². The zero-order valence-corrected chi connectivity index (χ0v) is 17.8. The molecular weight excluding hydrogens is 368 g/mol. The maximum Gasteiger partial charge on any atom is 0.0706 e. The minimum atomic E-state index is 0.853. The molecule has 3 aliphatic heterocycles. The summed E-state index contributed by atoms with van der Waals surface area (Å²) in [4.78, 5) is 9.75. The molecule has 2 aromatic rings. The maximum absolute atomic E-state index is 3.44. The van der Waals surface area contributed by atoms with Gasteiger partial charge in [0.25, 0.3) is 0 Å². The molecule has 0 spiro atoms. The van der Waals surface area contributed by atoms with E-state index in [-0.39, 0.29) is 0 Å². The van der Waals surface area contributed by atoms with Crippen LogP contribution in [0.1, 0.15) is 23.1 Å². The van der Waals surface area contributed by atoms with Crippen LogP contribution in [0.4, 0.5) is 0 Å². The zero-order chi connectivity index (χ0) is 20.3. The first kappa shape index (κ1) is 19.2. The van der Waals surface area contributed by atoms with E-state index in [9.17, 15) is 0 Å². The molecule has 0 aliphatic carbocycles. The summed E-state index contributed by atoms with van der Waals surface area (Å²) in [6.45, 7) is 8.01. The molecule has 0 aromatic heterocycles. The second-order valence-electron chi connectivity index (χ2n) is 8.74.